The van der Waals surface area contributed by atoms with Crippen LogP contribution in [0.25, 0.3) is 6.08 Å². The van der Waals surface area contributed by atoms with Crippen LogP contribution in [0.1, 0.15) is 5.56 Å². The normalized spacial score (nSPS) is 9.96. The van der Waals surface area contributed by atoms with Gasteiger partial charge >= 0.3 is 12.0 Å². The summed E-state index contributed by atoms with van der Waals surface area (Å²) in [6.07, 6.45) is 4.17. The highest BCUT2D eigenvalue weighted by Crippen LogP contribution is 2.13. The van der Waals surface area contributed by atoms with E-state index in [1.54, 1.807) is 31.4 Å². The Hall–Kier alpha value is -3.09. The van der Waals surface area contributed by atoms with Gasteiger partial charge in [-0.05, 0) is 23.8 Å². The molecule has 0 fully saturated rings. The highest BCUT2D eigenvalue weighted by Gasteiger charge is 2.08. The molecule has 1 aromatic carbocycles. The fraction of sp³-hybridized carbons (Fsp3) is 0.188. The van der Waals surface area contributed by atoms with Crippen molar-refractivity contribution in [2.24, 2.45) is 0 Å². The number of carbonyl (C=O) groups is 3. The average molecular weight is 318 g/mol. The number of benzene rings is 1. The summed E-state index contributed by atoms with van der Waals surface area (Å²) in [4.78, 5) is 34.0. The Morgan fingerprint density at radius 3 is 2.78 bits per heavy atom. The largest absolute Gasteiger partial charge is 0.497 e. The van der Waals surface area contributed by atoms with Crippen LogP contribution in [-0.4, -0.2) is 38.2 Å². The van der Waals surface area contributed by atoms with Crippen LogP contribution in [0.2, 0.25) is 0 Å². The van der Waals surface area contributed by atoms with Crippen LogP contribution >= 0.6 is 0 Å². The van der Waals surface area contributed by atoms with Crippen LogP contribution < -0.4 is 15.4 Å². The van der Waals surface area contributed by atoms with Crippen molar-refractivity contribution in [3.63, 3.8) is 0 Å². The molecule has 0 heterocycles. The van der Waals surface area contributed by atoms with E-state index in [1.165, 1.54) is 18.2 Å². The molecule has 0 saturated carbocycles. The minimum atomic E-state index is -0.727. The van der Waals surface area contributed by atoms with E-state index in [-0.39, 0.29) is 6.54 Å². The number of methoxy groups -OCH3 is 1. The first-order valence-corrected chi connectivity index (χ1v) is 6.72. The zero-order valence-electron chi connectivity index (χ0n) is 12.7. The Morgan fingerprint density at radius 1 is 1.30 bits per heavy atom. The first-order chi connectivity index (χ1) is 11.0. The zero-order chi connectivity index (χ0) is 17.1. The maximum absolute atomic E-state index is 11.5. The maximum Gasteiger partial charge on any atom is 0.331 e. The summed E-state index contributed by atoms with van der Waals surface area (Å²) in [5.74, 6) is -0.769. The number of esters is 1. The van der Waals surface area contributed by atoms with Crippen molar-refractivity contribution >= 4 is 24.0 Å². The fourth-order valence-corrected chi connectivity index (χ4v) is 1.47. The van der Waals surface area contributed by atoms with Crippen molar-refractivity contribution < 1.29 is 23.9 Å². The van der Waals surface area contributed by atoms with Gasteiger partial charge in [0, 0.05) is 12.6 Å². The smallest absolute Gasteiger partial charge is 0.331 e. The molecule has 0 atom stereocenters. The van der Waals surface area contributed by atoms with Crippen LogP contribution in [0.15, 0.2) is 43.0 Å². The Labute approximate surface area is 134 Å². The number of nitrogens with one attached hydrogen (secondary N) is 2. The molecule has 0 spiro atoms. The van der Waals surface area contributed by atoms with Crippen molar-refractivity contribution in [3.8, 4) is 5.75 Å². The van der Waals surface area contributed by atoms with Gasteiger partial charge < -0.3 is 14.8 Å². The highest BCUT2D eigenvalue weighted by molar-refractivity contribution is 5.96. The standard InChI is InChI=1S/C16H18N2O5/c1-3-9-17-16(21)18-14(19)11-23-15(20)8-7-12-5-4-6-13(10-12)22-2/h3-8,10H,1,9,11H2,2H3,(H2,17,18,19,21)/b8-7+. The maximum atomic E-state index is 11.5. The predicted octanol–water partition coefficient (Wildman–Crippen LogP) is 1.26. The third-order valence-corrected chi connectivity index (χ3v) is 2.51. The van der Waals surface area contributed by atoms with E-state index in [1.807, 2.05) is 5.32 Å². The number of urea groups is 1. The van der Waals surface area contributed by atoms with Crippen molar-refractivity contribution in [1.82, 2.24) is 10.6 Å². The number of hydrogen-bond donors (Lipinski definition) is 2. The van der Waals surface area contributed by atoms with E-state index in [0.717, 1.165) is 5.56 Å². The van der Waals surface area contributed by atoms with Gasteiger partial charge in [-0.25, -0.2) is 9.59 Å². The third-order valence-electron chi connectivity index (χ3n) is 2.51. The topological polar surface area (TPSA) is 93.7 Å². The lowest BCUT2D eigenvalue weighted by atomic mass is 10.2. The van der Waals surface area contributed by atoms with Gasteiger partial charge in [0.2, 0.25) is 0 Å². The molecule has 1 aromatic rings. The minimum absolute atomic E-state index is 0.224. The molecule has 0 radical (unpaired) electrons. The molecule has 0 bridgehead atoms. The molecular weight excluding hydrogens is 300 g/mol. The number of hydrogen-bond acceptors (Lipinski definition) is 5. The van der Waals surface area contributed by atoms with Gasteiger partial charge in [-0.15, -0.1) is 6.58 Å². The second-order valence-corrected chi connectivity index (χ2v) is 4.26. The van der Waals surface area contributed by atoms with Gasteiger partial charge in [0.15, 0.2) is 6.61 Å². The van der Waals surface area contributed by atoms with Gasteiger partial charge in [-0.2, -0.15) is 0 Å². The molecule has 1 rings (SSSR count). The Balaban J connectivity index is 2.38. The molecule has 2 N–H and O–H groups in total. The Morgan fingerprint density at radius 2 is 2.09 bits per heavy atom. The van der Waals surface area contributed by atoms with Gasteiger partial charge in [-0.1, -0.05) is 18.2 Å². The van der Waals surface area contributed by atoms with E-state index in [0.29, 0.717) is 5.75 Å². The summed E-state index contributed by atoms with van der Waals surface area (Å²) >= 11 is 0. The number of rotatable bonds is 7. The first-order valence-electron chi connectivity index (χ1n) is 6.72. The molecular formula is C16H18N2O5. The van der Waals surface area contributed by atoms with Gasteiger partial charge in [-0.3, -0.25) is 10.1 Å². The summed E-state index contributed by atoms with van der Waals surface area (Å²) in [5, 5.41) is 4.36. The van der Waals surface area contributed by atoms with Crippen molar-refractivity contribution in [1.29, 1.82) is 0 Å². The average Bonchev–Trinajstić information content (AvgIpc) is 2.56. The molecule has 0 saturated heterocycles. The fourth-order valence-electron chi connectivity index (χ4n) is 1.47. The summed E-state index contributed by atoms with van der Waals surface area (Å²) in [6.45, 7) is 3.09. The molecule has 0 unspecified atom stereocenters. The number of carbonyl (C=O) groups excluding carboxylic acids is 3. The van der Waals surface area contributed by atoms with Crippen LogP contribution in [0, 0.1) is 0 Å². The second-order valence-electron chi connectivity index (χ2n) is 4.26. The van der Waals surface area contributed by atoms with Crippen molar-refractivity contribution in [2.45, 2.75) is 0 Å². The van der Waals surface area contributed by atoms with Crippen LogP contribution in [0.5, 0.6) is 5.75 Å². The Kier molecular flexibility index (Phi) is 7.63. The molecule has 0 aliphatic heterocycles. The van der Waals surface area contributed by atoms with Gasteiger partial charge in [0.25, 0.3) is 5.91 Å². The van der Waals surface area contributed by atoms with E-state index < -0.39 is 24.5 Å². The monoisotopic (exact) mass is 318 g/mol. The third kappa shape index (κ3) is 7.47. The van der Waals surface area contributed by atoms with Crippen molar-refractivity contribution in [2.75, 3.05) is 20.3 Å². The lowest BCUT2D eigenvalue weighted by Crippen LogP contribution is -2.41. The van der Waals surface area contributed by atoms with E-state index >= 15 is 0 Å². The molecule has 122 valence electrons. The molecule has 0 aromatic heterocycles. The van der Waals surface area contributed by atoms with Crippen LogP contribution in [-0.2, 0) is 14.3 Å². The van der Waals surface area contributed by atoms with Crippen LogP contribution in [0.4, 0.5) is 4.79 Å². The molecule has 3 amide bonds. The van der Waals surface area contributed by atoms with Crippen molar-refractivity contribution in [3.05, 3.63) is 48.6 Å². The second kappa shape index (κ2) is 9.78. The first kappa shape index (κ1) is 18.0. The lowest BCUT2D eigenvalue weighted by molar-refractivity contribution is -0.143. The predicted molar refractivity (Wildman–Crippen MR) is 84.7 cm³/mol. The van der Waals surface area contributed by atoms with Gasteiger partial charge in [0.05, 0.1) is 7.11 Å². The summed E-state index contributed by atoms with van der Waals surface area (Å²) in [7, 11) is 1.54. The SMILES string of the molecule is C=CCNC(=O)NC(=O)COC(=O)/C=C/c1cccc(OC)c1. The van der Waals surface area contributed by atoms with E-state index in [9.17, 15) is 14.4 Å². The van der Waals surface area contributed by atoms with Gasteiger partial charge in [0.1, 0.15) is 5.75 Å². The Bertz CT molecular complexity index is 610. The number of imide groups is 1. The number of amides is 3. The van der Waals surface area contributed by atoms with Crippen LogP contribution in [0.3, 0.4) is 0 Å². The summed E-state index contributed by atoms with van der Waals surface area (Å²) < 4.78 is 9.78. The molecule has 7 heteroatoms. The molecule has 23 heavy (non-hydrogen) atoms. The molecule has 0 aliphatic rings. The minimum Gasteiger partial charge on any atom is -0.497 e. The highest BCUT2D eigenvalue weighted by atomic mass is 16.5. The number of ether oxygens (including phenoxy) is 2. The summed E-state index contributed by atoms with van der Waals surface area (Å²) in [6, 6.07) is 6.39. The van der Waals surface area contributed by atoms with E-state index in [2.05, 4.69) is 11.9 Å². The summed E-state index contributed by atoms with van der Waals surface area (Å²) in [5.41, 5.74) is 0.745. The molecule has 0 aliphatic carbocycles. The molecule has 7 nitrogen and oxygen atoms in total. The quantitative estimate of drug-likeness (QED) is 0.448. The zero-order valence-corrected chi connectivity index (χ0v) is 12.7. The van der Waals surface area contributed by atoms with E-state index in [4.69, 9.17) is 9.47 Å². The lowest BCUT2D eigenvalue weighted by Gasteiger charge is -2.04.